The first-order valence-electron chi connectivity index (χ1n) is 5.01. The van der Waals surface area contributed by atoms with E-state index in [2.05, 4.69) is 5.32 Å². The van der Waals surface area contributed by atoms with Gasteiger partial charge in [-0.1, -0.05) is 0 Å². The van der Waals surface area contributed by atoms with Gasteiger partial charge >= 0.3 is 0 Å². The molecule has 0 aliphatic carbocycles. The number of hydrogen-bond acceptors (Lipinski definition) is 5. The van der Waals surface area contributed by atoms with Crippen LogP contribution >= 0.6 is 0 Å². The van der Waals surface area contributed by atoms with Crippen LogP contribution in [0.25, 0.3) is 0 Å². The van der Waals surface area contributed by atoms with Crippen molar-refractivity contribution in [3.63, 3.8) is 0 Å². The van der Waals surface area contributed by atoms with Crippen molar-refractivity contribution in [3.05, 3.63) is 28.3 Å². The number of nitrogens with zero attached hydrogens (tertiary/aromatic N) is 1. The van der Waals surface area contributed by atoms with Gasteiger partial charge in [0, 0.05) is 12.6 Å². The summed E-state index contributed by atoms with van der Waals surface area (Å²) in [6, 6.07) is 3.76. The summed E-state index contributed by atoms with van der Waals surface area (Å²) in [6.45, 7) is 1.56. The van der Waals surface area contributed by atoms with E-state index in [9.17, 15) is 15.2 Å². The van der Waals surface area contributed by atoms with Gasteiger partial charge in [-0.05, 0) is 19.0 Å². The number of rotatable bonds is 3. The van der Waals surface area contributed by atoms with Crippen molar-refractivity contribution in [2.45, 2.75) is 12.5 Å². The van der Waals surface area contributed by atoms with E-state index < -0.39 is 4.92 Å². The zero-order chi connectivity index (χ0) is 11.5. The predicted octanol–water partition coefficient (Wildman–Crippen LogP) is 1.04. The molecule has 1 heterocycles. The SMILES string of the molecule is O=[N+]([O-])c1ccc(O)c(OC2CCNC2)c1. The van der Waals surface area contributed by atoms with Crippen LogP contribution < -0.4 is 10.1 Å². The molecule has 1 aromatic carbocycles. The molecular weight excluding hydrogens is 212 g/mol. The topological polar surface area (TPSA) is 84.6 Å². The van der Waals surface area contributed by atoms with E-state index >= 15 is 0 Å². The second-order valence-corrected chi connectivity index (χ2v) is 3.64. The van der Waals surface area contributed by atoms with Crippen LogP contribution in [0.1, 0.15) is 6.42 Å². The number of ether oxygens (including phenoxy) is 1. The summed E-state index contributed by atoms with van der Waals surface area (Å²) in [5.41, 5.74) is -0.0845. The Labute approximate surface area is 92.0 Å². The Morgan fingerprint density at radius 3 is 3.00 bits per heavy atom. The number of nitrogens with one attached hydrogen (secondary N) is 1. The lowest BCUT2D eigenvalue weighted by Crippen LogP contribution is -2.19. The number of nitro groups is 1. The maximum atomic E-state index is 10.6. The summed E-state index contributed by atoms with van der Waals surface area (Å²) in [6.07, 6.45) is 0.801. The van der Waals surface area contributed by atoms with Gasteiger partial charge < -0.3 is 15.2 Å². The third-order valence-electron chi connectivity index (χ3n) is 2.46. The molecule has 1 aliphatic heterocycles. The molecular formula is C10H12N2O4. The molecule has 0 aromatic heterocycles. The highest BCUT2D eigenvalue weighted by molar-refractivity contribution is 5.47. The standard InChI is InChI=1S/C10H12N2O4/c13-9-2-1-7(12(14)15)5-10(9)16-8-3-4-11-6-8/h1-2,5,8,11,13H,3-4,6H2. The minimum absolute atomic E-state index is 0.0343. The first-order chi connectivity index (χ1) is 7.66. The van der Waals surface area contributed by atoms with Crippen LogP contribution in [0.5, 0.6) is 11.5 Å². The molecule has 86 valence electrons. The summed E-state index contributed by atoms with van der Waals surface area (Å²) >= 11 is 0. The van der Waals surface area contributed by atoms with Crippen molar-refractivity contribution in [3.8, 4) is 11.5 Å². The van der Waals surface area contributed by atoms with E-state index in [4.69, 9.17) is 4.74 Å². The van der Waals surface area contributed by atoms with Gasteiger partial charge in [-0.15, -0.1) is 0 Å². The Kier molecular flexibility index (Phi) is 2.91. The molecule has 1 aromatic rings. The highest BCUT2D eigenvalue weighted by Crippen LogP contribution is 2.31. The molecule has 1 fully saturated rings. The maximum Gasteiger partial charge on any atom is 0.273 e. The fourth-order valence-corrected chi connectivity index (χ4v) is 1.62. The summed E-state index contributed by atoms with van der Waals surface area (Å²) < 4.78 is 5.48. The first-order valence-corrected chi connectivity index (χ1v) is 5.01. The number of hydrogen-bond donors (Lipinski definition) is 2. The Bertz CT molecular complexity index is 402. The second-order valence-electron chi connectivity index (χ2n) is 3.64. The largest absolute Gasteiger partial charge is 0.504 e. The van der Waals surface area contributed by atoms with Gasteiger partial charge in [0.05, 0.1) is 11.0 Å². The predicted molar refractivity (Wildman–Crippen MR) is 56.7 cm³/mol. The van der Waals surface area contributed by atoms with Crippen LogP contribution in [-0.2, 0) is 0 Å². The van der Waals surface area contributed by atoms with E-state index in [1.807, 2.05) is 0 Å². The number of phenolic OH excluding ortho intramolecular Hbond substituents is 1. The Morgan fingerprint density at radius 1 is 1.56 bits per heavy atom. The minimum Gasteiger partial charge on any atom is -0.504 e. The van der Waals surface area contributed by atoms with Gasteiger partial charge in [-0.25, -0.2) is 0 Å². The van der Waals surface area contributed by atoms with Gasteiger partial charge in [-0.3, -0.25) is 10.1 Å². The van der Waals surface area contributed by atoms with E-state index in [0.29, 0.717) is 6.54 Å². The average Bonchev–Trinajstić information content (AvgIpc) is 2.73. The lowest BCUT2D eigenvalue weighted by atomic mass is 10.2. The number of aromatic hydroxyl groups is 1. The minimum atomic E-state index is -0.515. The molecule has 0 bridgehead atoms. The van der Waals surface area contributed by atoms with Crippen LogP contribution in [0.3, 0.4) is 0 Å². The normalized spacial score (nSPS) is 19.6. The van der Waals surface area contributed by atoms with Crippen LogP contribution in [0.2, 0.25) is 0 Å². The third-order valence-corrected chi connectivity index (χ3v) is 2.46. The molecule has 2 rings (SSSR count). The van der Waals surface area contributed by atoms with Crippen molar-refractivity contribution in [2.75, 3.05) is 13.1 Å². The Morgan fingerprint density at radius 2 is 2.38 bits per heavy atom. The lowest BCUT2D eigenvalue weighted by Gasteiger charge is -2.13. The van der Waals surface area contributed by atoms with Gasteiger partial charge in [-0.2, -0.15) is 0 Å². The van der Waals surface area contributed by atoms with Gasteiger partial charge in [0.15, 0.2) is 11.5 Å². The zero-order valence-corrected chi connectivity index (χ0v) is 8.55. The molecule has 1 saturated heterocycles. The summed E-state index contributed by atoms with van der Waals surface area (Å²) in [5.74, 6) is 0.0976. The molecule has 0 spiro atoms. The summed E-state index contributed by atoms with van der Waals surface area (Å²) in [7, 11) is 0. The molecule has 0 amide bonds. The molecule has 6 nitrogen and oxygen atoms in total. The van der Waals surface area contributed by atoms with E-state index in [1.54, 1.807) is 0 Å². The summed E-state index contributed by atoms with van der Waals surface area (Å²) in [4.78, 5) is 10.0. The number of non-ortho nitro benzene ring substituents is 1. The van der Waals surface area contributed by atoms with Crippen molar-refractivity contribution in [1.29, 1.82) is 0 Å². The summed E-state index contributed by atoms with van der Waals surface area (Å²) in [5, 5.41) is 23.2. The van der Waals surface area contributed by atoms with E-state index in [1.165, 1.54) is 18.2 Å². The van der Waals surface area contributed by atoms with Crippen LogP contribution in [-0.4, -0.2) is 29.2 Å². The molecule has 0 saturated carbocycles. The van der Waals surface area contributed by atoms with Gasteiger partial charge in [0.2, 0.25) is 0 Å². The lowest BCUT2D eigenvalue weighted by molar-refractivity contribution is -0.385. The van der Waals surface area contributed by atoms with Crippen LogP contribution in [0, 0.1) is 10.1 Å². The Hall–Kier alpha value is -1.82. The quantitative estimate of drug-likeness (QED) is 0.592. The molecule has 16 heavy (non-hydrogen) atoms. The smallest absolute Gasteiger partial charge is 0.273 e. The number of nitro benzene ring substituents is 1. The second kappa shape index (κ2) is 4.36. The average molecular weight is 224 g/mol. The fraction of sp³-hybridized carbons (Fsp3) is 0.400. The molecule has 1 atom stereocenters. The van der Waals surface area contributed by atoms with E-state index in [-0.39, 0.29) is 23.3 Å². The molecule has 2 N–H and O–H groups in total. The molecule has 1 aliphatic rings. The van der Waals surface area contributed by atoms with Crippen molar-refractivity contribution < 1.29 is 14.8 Å². The fourth-order valence-electron chi connectivity index (χ4n) is 1.62. The highest BCUT2D eigenvalue weighted by atomic mass is 16.6. The Balaban J connectivity index is 2.17. The van der Waals surface area contributed by atoms with Crippen LogP contribution in [0.15, 0.2) is 18.2 Å². The zero-order valence-electron chi connectivity index (χ0n) is 8.55. The van der Waals surface area contributed by atoms with Crippen molar-refractivity contribution >= 4 is 5.69 Å². The number of benzene rings is 1. The number of phenols is 1. The van der Waals surface area contributed by atoms with Crippen molar-refractivity contribution in [1.82, 2.24) is 5.32 Å². The molecule has 1 unspecified atom stereocenters. The van der Waals surface area contributed by atoms with E-state index in [0.717, 1.165) is 13.0 Å². The highest BCUT2D eigenvalue weighted by Gasteiger charge is 2.19. The first kappa shape index (κ1) is 10.7. The van der Waals surface area contributed by atoms with Crippen LogP contribution in [0.4, 0.5) is 5.69 Å². The van der Waals surface area contributed by atoms with Gasteiger partial charge in [0.1, 0.15) is 6.10 Å². The van der Waals surface area contributed by atoms with Crippen molar-refractivity contribution in [2.24, 2.45) is 0 Å². The monoisotopic (exact) mass is 224 g/mol. The van der Waals surface area contributed by atoms with Gasteiger partial charge in [0.25, 0.3) is 5.69 Å². The molecule has 0 radical (unpaired) electrons. The third kappa shape index (κ3) is 2.22. The maximum absolute atomic E-state index is 10.6. The molecule has 6 heteroatoms.